The Labute approximate surface area is 238 Å². The Morgan fingerprint density at radius 3 is 1.83 bits per heavy atom. The molecule has 0 atom stereocenters. The molecular formula is C30H25ClNNaO3. The van der Waals surface area contributed by atoms with E-state index >= 15 is 0 Å². The van der Waals surface area contributed by atoms with Gasteiger partial charge in [0.15, 0.2) is 0 Å². The summed E-state index contributed by atoms with van der Waals surface area (Å²) in [5, 5.41) is 11.6. The Kier molecular flexibility index (Phi) is 10.3. The van der Waals surface area contributed by atoms with Crippen LogP contribution in [0.25, 0.3) is 11.1 Å². The molecule has 0 fully saturated rings. The van der Waals surface area contributed by atoms with Crippen molar-refractivity contribution in [2.24, 2.45) is 0 Å². The predicted molar refractivity (Wildman–Crippen MR) is 137 cm³/mol. The Balaban J connectivity index is 0.00000361. The number of carboxylic acids is 1. The summed E-state index contributed by atoms with van der Waals surface area (Å²) in [5.74, 6) is -1.22. The Morgan fingerprint density at radius 1 is 0.694 bits per heavy atom. The van der Waals surface area contributed by atoms with Crippen molar-refractivity contribution in [3.63, 3.8) is 0 Å². The predicted octanol–water partition coefficient (Wildman–Crippen LogP) is 2.65. The number of benzene rings is 4. The van der Waals surface area contributed by atoms with Crippen molar-refractivity contribution in [1.82, 2.24) is 4.90 Å². The zero-order chi connectivity index (χ0) is 24.6. The van der Waals surface area contributed by atoms with E-state index in [9.17, 15) is 14.7 Å². The molecule has 176 valence electrons. The van der Waals surface area contributed by atoms with Crippen LogP contribution in [0.1, 0.15) is 38.3 Å². The van der Waals surface area contributed by atoms with Crippen LogP contribution in [-0.4, -0.2) is 23.3 Å². The van der Waals surface area contributed by atoms with Gasteiger partial charge in [-0.25, -0.2) is 0 Å². The van der Waals surface area contributed by atoms with Crippen LogP contribution in [0.15, 0.2) is 103 Å². The van der Waals surface area contributed by atoms with E-state index in [1.54, 1.807) is 36.4 Å². The SMILES string of the molecule is O=C([O-])c1ccc(-c2ccc(CN(CCCc3ccccc3)C(=O)c3ccc(Cl)cc3)cc2)cc1.[Na+]. The number of carbonyl (C=O) groups excluding carboxylic acids is 2. The second kappa shape index (κ2) is 13.4. The number of hydrogen-bond donors (Lipinski definition) is 0. The van der Waals surface area contributed by atoms with Gasteiger partial charge in [-0.3, -0.25) is 4.79 Å². The third-order valence-electron chi connectivity index (χ3n) is 5.90. The van der Waals surface area contributed by atoms with Gasteiger partial charge in [0.2, 0.25) is 0 Å². The molecule has 0 saturated heterocycles. The van der Waals surface area contributed by atoms with Gasteiger partial charge in [-0.15, -0.1) is 0 Å². The first-order valence-electron chi connectivity index (χ1n) is 11.5. The topological polar surface area (TPSA) is 60.4 Å². The summed E-state index contributed by atoms with van der Waals surface area (Å²) in [6, 6.07) is 31.8. The van der Waals surface area contributed by atoms with Crippen LogP contribution < -0.4 is 34.7 Å². The third-order valence-corrected chi connectivity index (χ3v) is 6.15. The molecule has 36 heavy (non-hydrogen) atoms. The van der Waals surface area contributed by atoms with Crippen LogP contribution in [-0.2, 0) is 13.0 Å². The number of aromatic carboxylic acids is 1. The molecule has 0 N–H and O–H groups in total. The van der Waals surface area contributed by atoms with Crippen LogP contribution in [0.5, 0.6) is 0 Å². The summed E-state index contributed by atoms with van der Waals surface area (Å²) >= 11 is 6.01. The first-order chi connectivity index (χ1) is 17.0. The van der Waals surface area contributed by atoms with Crippen LogP contribution >= 0.6 is 11.6 Å². The Bertz CT molecular complexity index is 1270. The fourth-order valence-electron chi connectivity index (χ4n) is 3.97. The van der Waals surface area contributed by atoms with E-state index in [-0.39, 0.29) is 41.0 Å². The molecule has 0 spiro atoms. The number of rotatable bonds is 9. The van der Waals surface area contributed by atoms with Gasteiger partial charge in [0, 0.05) is 23.7 Å². The molecule has 0 aliphatic heterocycles. The molecular weight excluding hydrogens is 481 g/mol. The van der Waals surface area contributed by atoms with E-state index in [4.69, 9.17) is 11.6 Å². The first-order valence-corrected chi connectivity index (χ1v) is 11.9. The van der Waals surface area contributed by atoms with Gasteiger partial charge in [-0.05, 0) is 64.9 Å². The van der Waals surface area contributed by atoms with Crippen molar-refractivity contribution in [1.29, 1.82) is 0 Å². The normalized spacial score (nSPS) is 10.4. The molecule has 4 nitrogen and oxygen atoms in total. The van der Waals surface area contributed by atoms with Gasteiger partial charge in [0.05, 0.1) is 5.97 Å². The van der Waals surface area contributed by atoms with E-state index in [2.05, 4.69) is 12.1 Å². The molecule has 0 unspecified atom stereocenters. The Hall–Kier alpha value is -2.89. The maximum absolute atomic E-state index is 13.3. The van der Waals surface area contributed by atoms with Gasteiger partial charge < -0.3 is 14.8 Å². The van der Waals surface area contributed by atoms with Crippen LogP contribution in [0.3, 0.4) is 0 Å². The minimum atomic E-state index is -1.19. The van der Waals surface area contributed by atoms with Crippen molar-refractivity contribution in [2.45, 2.75) is 19.4 Å². The maximum Gasteiger partial charge on any atom is 1.00 e. The van der Waals surface area contributed by atoms with Gasteiger partial charge in [-0.2, -0.15) is 0 Å². The van der Waals surface area contributed by atoms with Crippen molar-refractivity contribution in [3.8, 4) is 11.1 Å². The van der Waals surface area contributed by atoms with E-state index in [0.717, 1.165) is 29.5 Å². The van der Waals surface area contributed by atoms with Crippen molar-refractivity contribution in [3.05, 3.63) is 130 Å². The molecule has 4 aromatic carbocycles. The molecule has 0 aromatic heterocycles. The zero-order valence-electron chi connectivity index (χ0n) is 20.2. The second-order valence-electron chi connectivity index (χ2n) is 8.38. The van der Waals surface area contributed by atoms with Crippen LogP contribution in [0, 0.1) is 0 Å². The summed E-state index contributed by atoms with van der Waals surface area (Å²) < 4.78 is 0. The molecule has 0 radical (unpaired) electrons. The summed E-state index contributed by atoms with van der Waals surface area (Å²) in [6.45, 7) is 1.11. The van der Waals surface area contributed by atoms with Gasteiger partial charge in [0.1, 0.15) is 0 Å². The number of amides is 1. The van der Waals surface area contributed by atoms with Gasteiger partial charge in [-0.1, -0.05) is 90.5 Å². The Morgan fingerprint density at radius 2 is 1.25 bits per heavy atom. The average Bonchev–Trinajstić information content (AvgIpc) is 2.89. The fourth-order valence-corrected chi connectivity index (χ4v) is 4.09. The molecule has 0 saturated carbocycles. The maximum atomic E-state index is 13.3. The molecule has 4 rings (SSSR count). The van der Waals surface area contributed by atoms with Crippen LogP contribution in [0.4, 0.5) is 0 Å². The van der Waals surface area contributed by atoms with Gasteiger partial charge >= 0.3 is 29.6 Å². The minimum Gasteiger partial charge on any atom is -0.545 e. The number of nitrogens with zero attached hydrogens (tertiary/aromatic N) is 1. The number of carbonyl (C=O) groups is 2. The standard InChI is InChI=1S/C30H26ClNO3.Na/c31-28-18-16-26(17-19-28)29(33)32(20-4-7-22-5-2-1-3-6-22)21-23-8-10-24(11-9-23)25-12-14-27(15-13-25)30(34)35;/h1-3,5-6,8-19H,4,7,20-21H2,(H,34,35);/q;+1/p-1. The fraction of sp³-hybridized carbons (Fsp3) is 0.133. The third kappa shape index (κ3) is 7.55. The van der Waals surface area contributed by atoms with Crippen molar-refractivity contribution < 1.29 is 44.3 Å². The van der Waals surface area contributed by atoms with E-state index in [0.29, 0.717) is 23.7 Å². The number of hydrogen-bond acceptors (Lipinski definition) is 3. The summed E-state index contributed by atoms with van der Waals surface area (Å²) in [7, 11) is 0. The molecule has 0 bridgehead atoms. The van der Waals surface area contributed by atoms with Gasteiger partial charge in [0.25, 0.3) is 5.91 Å². The largest absolute Gasteiger partial charge is 1.00 e. The molecule has 4 aromatic rings. The van der Waals surface area contributed by atoms with E-state index in [1.165, 1.54) is 17.7 Å². The quantitative estimate of drug-likeness (QED) is 0.329. The van der Waals surface area contributed by atoms with E-state index in [1.807, 2.05) is 47.4 Å². The number of carboxylic acid groups (broad SMARTS) is 1. The molecule has 0 aliphatic rings. The monoisotopic (exact) mass is 505 g/mol. The van der Waals surface area contributed by atoms with Crippen LogP contribution in [0.2, 0.25) is 5.02 Å². The van der Waals surface area contributed by atoms with Crippen molar-refractivity contribution in [2.75, 3.05) is 6.54 Å². The second-order valence-corrected chi connectivity index (χ2v) is 8.82. The molecule has 1 amide bonds. The smallest absolute Gasteiger partial charge is 0.545 e. The van der Waals surface area contributed by atoms with Crippen molar-refractivity contribution >= 4 is 23.5 Å². The molecule has 0 aliphatic carbocycles. The average molecular weight is 506 g/mol. The molecule has 6 heteroatoms. The first kappa shape index (κ1) is 27.7. The summed E-state index contributed by atoms with van der Waals surface area (Å²) in [5.41, 5.74) is 4.91. The molecule has 0 heterocycles. The van der Waals surface area contributed by atoms with E-state index < -0.39 is 5.97 Å². The summed E-state index contributed by atoms with van der Waals surface area (Å²) in [4.78, 5) is 26.2. The minimum absolute atomic E-state index is 0. The number of aryl methyl sites for hydroxylation is 1. The zero-order valence-corrected chi connectivity index (χ0v) is 22.9. The number of halogens is 1. The summed E-state index contributed by atoms with van der Waals surface area (Å²) in [6.07, 6.45) is 1.75.